The number of nitrogens with one attached hydrogen (secondary N) is 1. The summed E-state index contributed by atoms with van der Waals surface area (Å²) in [7, 11) is -5.79. The molecule has 0 spiro atoms. The van der Waals surface area contributed by atoms with E-state index in [1.165, 1.54) is 6.21 Å². The van der Waals surface area contributed by atoms with E-state index in [4.69, 9.17) is 0 Å². The summed E-state index contributed by atoms with van der Waals surface area (Å²) in [6.07, 6.45) is 1.26. The van der Waals surface area contributed by atoms with Crippen molar-refractivity contribution >= 4 is 30.0 Å². The first-order valence-electron chi connectivity index (χ1n) is 8.75. The minimum atomic E-state index is -3.89. The molecule has 0 bridgehead atoms. The monoisotopic (exact) mass is 409 g/mol. The fraction of sp³-hybridized carbons (Fsp3) is 0.500. The van der Waals surface area contributed by atoms with Gasteiger partial charge in [-0.25, -0.2) is 0 Å². The number of rotatable bonds is 7. The Labute approximate surface area is 162 Å². The lowest BCUT2D eigenvalue weighted by molar-refractivity contribution is -0.384. The molecule has 1 aromatic rings. The van der Waals surface area contributed by atoms with E-state index in [1.807, 2.05) is 0 Å². The van der Waals surface area contributed by atoms with Crippen LogP contribution < -0.4 is 4.83 Å². The van der Waals surface area contributed by atoms with E-state index < -0.39 is 23.0 Å². The summed E-state index contributed by atoms with van der Waals surface area (Å²) in [5.41, 5.74) is 4.63. The zero-order chi connectivity index (χ0) is 20.8. The van der Waals surface area contributed by atoms with E-state index in [0.717, 1.165) is 24.3 Å². The van der Waals surface area contributed by atoms with E-state index in [-0.39, 0.29) is 10.6 Å². The standard InChI is InChI=1S/C18H27N3O4SSi/c1-14(2)27(15(3)4,16(5)6)13-7-12-19-20-26(24,25)18-10-8-17(9-11-18)21(22)23/h8-12,14-16,20H,1-6H3/b19-12+. The first kappa shape index (κ1) is 22.9. The summed E-state index contributed by atoms with van der Waals surface area (Å²) in [5.74, 6) is 2.92. The molecule has 7 nitrogen and oxygen atoms in total. The molecule has 0 aliphatic rings. The Kier molecular flexibility index (Phi) is 7.74. The molecule has 0 fully saturated rings. The average molecular weight is 410 g/mol. The van der Waals surface area contributed by atoms with Crippen LogP contribution in [0, 0.1) is 21.6 Å². The molecule has 1 N–H and O–H groups in total. The van der Waals surface area contributed by atoms with Gasteiger partial charge in [-0.15, -0.1) is 5.54 Å². The van der Waals surface area contributed by atoms with E-state index >= 15 is 0 Å². The molecule has 0 aliphatic carbocycles. The highest BCUT2D eigenvalue weighted by atomic mass is 32.2. The van der Waals surface area contributed by atoms with Crippen LogP contribution >= 0.6 is 0 Å². The second-order valence-corrected chi connectivity index (χ2v) is 14.5. The van der Waals surface area contributed by atoms with Crippen molar-refractivity contribution in [3.8, 4) is 11.5 Å². The summed E-state index contributed by atoms with van der Waals surface area (Å²) < 4.78 is 24.3. The second kappa shape index (κ2) is 9.15. The third-order valence-electron chi connectivity index (χ3n) is 4.81. The summed E-state index contributed by atoms with van der Waals surface area (Å²) >= 11 is 0. The van der Waals surface area contributed by atoms with Gasteiger partial charge in [-0.2, -0.15) is 18.4 Å². The summed E-state index contributed by atoms with van der Waals surface area (Å²) in [6.45, 7) is 13.1. The number of sulfonamides is 1. The van der Waals surface area contributed by atoms with E-state index in [1.54, 1.807) is 0 Å². The van der Waals surface area contributed by atoms with Crippen LogP contribution in [-0.4, -0.2) is 27.6 Å². The third kappa shape index (κ3) is 5.40. The van der Waals surface area contributed by atoms with Gasteiger partial charge in [-0.3, -0.25) is 10.1 Å². The van der Waals surface area contributed by atoms with Crippen LogP contribution in [0.3, 0.4) is 0 Å². The van der Waals surface area contributed by atoms with E-state index in [9.17, 15) is 18.5 Å². The van der Waals surface area contributed by atoms with Crippen molar-refractivity contribution in [2.45, 2.75) is 63.1 Å². The lowest BCUT2D eigenvalue weighted by Crippen LogP contribution is -2.43. The average Bonchev–Trinajstić information content (AvgIpc) is 2.57. The fourth-order valence-electron chi connectivity index (χ4n) is 3.52. The Morgan fingerprint density at radius 3 is 1.96 bits per heavy atom. The molecule has 0 saturated carbocycles. The number of benzene rings is 1. The summed E-state index contributed by atoms with van der Waals surface area (Å²) in [5, 5.41) is 14.3. The number of hydrogen-bond donors (Lipinski definition) is 1. The van der Waals surface area contributed by atoms with Gasteiger partial charge in [0.2, 0.25) is 0 Å². The summed E-state index contributed by atoms with van der Waals surface area (Å²) in [6, 6.07) is 4.59. The number of hydrogen-bond acceptors (Lipinski definition) is 5. The predicted molar refractivity (Wildman–Crippen MR) is 111 cm³/mol. The molecule has 27 heavy (non-hydrogen) atoms. The Balaban J connectivity index is 2.96. The van der Waals surface area contributed by atoms with Crippen LogP contribution in [0.25, 0.3) is 0 Å². The highest BCUT2D eigenvalue weighted by molar-refractivity contribution is 7.89. The van der Waals surface area contributed by atoms with Gasteiger partial charge in [0.1, 0.15) is 8.07 Å². The quantitative estimate of drug-likeness (QED) is 0.241. The number of nitro benzene ring substituents is 1. The maximum Gasteiger partial charge on any atom is 0.276 e. The Morgan fingerprint density at radius 2 is 1.56 bits per heavy atom. The van der Waals surface area contributed by atoms with Gasteiger partial charge in [-0.05, 0) is 28.8 Å². The van der Waals surface area contributed by atoms with Crippen molar-refractivity contribution in [3.63, 3.8) is 0 Å². The Morgan fingerprint density at radius 1 is 1.07 bits per heavy atom. The van der Waals surface area contributed by atoms with Gasteiger partial charge in [0.25, 0.3) is 15.7 Å². The fourth-order valence-corrected chi connectivity index (χ4v) is 9.49. The highest BCUT2D eigenvalue weighted by Crippen LogP contribution is 2.40. The van der Waals surface area contributed by atoms with Gasteiger partial charge >= 0.3 is 0 Å². The van der Waals surface area contributed by atoms with Crippen molar-refractivity contribution in [2.24, 2.45) is 5.10 Å². The van der Waals surface area contributed by atoms with Crippen LogP contribution in [0.5, 0.6) is 0 Å². The largest absolute Gasteiger partial charge is 0.276 e. The molecular formula is C18H27N3O4SSi. The third-order valence-corrected chi connectivity index (χ3v) is 12.4. The maximum absolute atomic E-state index is 12.2. The van der Waals surface area contributed by atoms with Gasteiger partial charge in [0.15, 0.2) is 0 Å². The Bertz CT molecular complexity index is 829. The van der Waals surface area contributed by atoms with Crippen LogP contribution in [0.2, 0.25) is 16.6 Å². The number of nitrogens with zero attached hydrogens (tertiary/aromatic N) is 2. The number of non-ortho nitro benzene ring substituents is 1. The lowest BCUT2D eigenvalue weighted by atomic mass is 10.3. The van der Waals surface area contributed by atoms with Crippen molar-refractivity contribution < 1.29 is 13.3 Å². The van der Waals surface area contributed by atoms with Crippen LogP contribution in [0.4, 0.5) is 5.69 Å². The minimum absolute atomic E-state index is 0.103. The van der Waals surface area contributed by atoms with E-state index in [0.29, 0.717) is 16.6 Å². The van der Waals surface area contributed by atoms with Crippen molar-refractivity contribution in [3.05, 3.63) is 34.4 Å². The van der Waals surface area contributed by atoms with Crippen LogP contribution in [-0.2, 0) is 10.0 Å². The Hall–Kier alpha value is -2.18. The number of nitro groups is 1. The van der Waals surface area contributed by atoms with Gasteiger partial charge in [0.05, 0.1) is 16.0 Å². The SMILES string of the molecule is CC(C)[Si](C#C/C=N/NS(=O)(=O)c1ccc([N+](=O)[O-])cc1)(C(C)C)C(C)C. The molecule has 9 heteroatoms. The zero-order valence-electron chi connectivity index (χ0n) is 16.6. The lowest BCUT2D eigenvalue weighted by Gasteiger charge is -2.37. The minimum Gasteiger partial charge on any atom is -0.258 e. The van der Waals surface area contributed by atoms with Crippen LogP contribution in [0.15, 0.2) is 34.3 Å². The molecule has 0 radical (unpaired) electrons. The van der Waals surface area contributed by atoms with Crippen molar-refractivity contribution in [1.29, 1.82) is 0 Å². The first-order valence-corrected chi connectivity index (χ1v) is 12.5. The maximum atomic E-state index is 12.2. The zero-order valence-corrected chi connectivity index (χ0v) is 18.4. The molecule has 0 aromatic heterocycles. The molecule has 0 aliphatic heterocycles. The molecule has 148 valence electrons. The predicted octanol–water partition coefficient (Wildman–Crippen LogP) is 4.08. The molecule has 0 saturated heterocycles. The van der Waals surface area contributed by atoms with Gasteiger partial charge in [-0.1, -0.05) is 47.5 Å². The molecule has 0 unspecified atom stereocenters. The molecule has 1 aromatic carbocycles. The first-order chi connectivity index (χ1) is 12.4. The van der Waals surface area contributed by atoms with E-state index in [2.05, 4.69) is 62.9 Å². The van der Waals surface area contributed by atoms with Gasteiger partial charge < -0.3 is 0 Å². The molecular weight excluding hydrogens is 382 g/mol. The molecule has 1 rings (SSSR count). The molecule has 0 atom stereocenters. The smallest absolute Gasteiger partial charge is 0.258 e. The highest BCUT2D eigenvalue weighted by Gasteiger charge is 2.41. The topological polar surface area (TPSA) is 102 Å². The van der Waals surface area contributed by atoms with Crippen molar-refractivity contribution in [1.82, 2.24) is 4.83 Å². The summed E-state index contributed by atoms with van der Waals surface area (Å²) in [4.78, 5) is 12.0. The number of hydrazone groups is 1. The normalized spacial score (nSPS) is 12.5. The second-order valence-electron chi connectivity index (χ2n) is 7.27. The van der Waals surface area contributed by atoms with Crippen molar-refractivity contribution in [2.75, 3.05) is 0 Å². The molecule has 0 amide bonds. The molecule has 0 heterocycles. The van der Waals surface area contributed by atoms with Gasteiger partial charge in [0, 0.05) is 12.1 Å². The van der Waals surface area contributed by atoms with Crippen LogP contribution in [0.1, 0.15) is 41.5 Å².